The molecule has 0 saturated heterocycles. The molecule has 2 rings (SSSR count). The molecule has 0 aromatic heterocycles. The highest BCUT2D eigenvalue weighted by Crippen LogP contribution is 2.31. The minimum absolute atomic E-state index is 0.225. The van der Waals surface area contributed by atoms with Gasteiger partial charge in [0.25, 0.3) is 0 Å². The van der Waals surface area contributed by atoms with E-state index >= 15 is 0 Å². The SMILES string of the molecule is COc1ccc(C(C)Nc2ccc(C)c(O)c2C)c(F)c1. The lowest BCUT2D eigenvalue weighted by Crippen LogP contribution is -2.10. The predicted octanol–water partition coefficient (Wildman–Crippen LogP) is 4.33. The van der Waals surface area contributed by atoms with Crippen LogP contribution in [0.5, 0.6) is 11.5 Å². The molecule has 0 fully saturated rings. The van der Waals surface area contributed by atoms with Crippen molar-refractivity contribution in [2.24, 2.45) is 0 Å². The number of ether oxygens (including phenoxy) is 1. The highest BCUT2D eigenvalue weighted by Gasteiger charge is 2.14. The van der Waals surface area contributed by atoms with Gasteiger partial charge in [0.05, 0.1) is 13.2 Å². The van der Waals surface area contributed by atoms with Crippen molar-refractivity contribution in [1.29, 1.82) is 0 Å². The van der Waals surface area contributed by atoms with Gasteiger partial charge in [0.2, 0.25) is 0 Å². The zero-order chi connectivity index (χ0) is 15.6. The van der Waals surface area contributed by atoms with E-state index in [1.807, 2.05) is 32.9 Å². The van der Waals surface area contributed by atoms with Crippen LogP contribution in [0, 0.1) is 19.7 Å². The summed E-state index contributed by atoms with van der Waals surface area (Å²) in [7, 11) is 1.51. The van der Waals surface area contributed by atoms with Crippen molar-refractivity contribution in [2.75, 3.05) is 12.4 Å². The van der Waals surface area contributed by atoms with Crippen molar-refractivity contribution in [2.45, 2.75) is 26.8 Å². The third kappa shape index (κ3) is 3.10. The average Bonchev–Trinajstić information content (AvgIpc) is 2.47. The van der Waals surface area contributed by atoms with E-state index in [-0.39, 0.29) is 17.6 Å². The number of benzene rings is 2. The van der Waals surface area contributed by atoms with Gasteiger partial charge in [-0.15, -0.1) is 0 Å². The van der Waals surface area contributed by atoms with Crippen LogP contribution < -0.4 is 10.1 Å². The number of aromatic hydroxyl groups is 1. The van der Waals surface area contributed by atoms with Gasteiger partial charge in [-0.25, -0.2) is 4.39 Å². The second kappa shape index (κ2) is 6.04. The summed E-state index contributed by atoms with van der Waals surface area (Å²) in [6.45, 7) is 5.56. The van der Waals surface area contributed by atoms with Gasteiger partial charge in [-0.1, -0.05) is 12.1 Å². The number of phenols is 1. The first-order valence-corrected chi connectivity index (χ1v) is 6.83. The minimum Gasteiger partial charge on any atom is -0.507 e. The maximum absolute atomic E-state index is 14.1. The Bertz CT molecular complexity index is 655. The molecule has 1 unspecified atom stereocenters. The molecule has 2 aromatic rings. The van der Waals surface area contributed by atoms with Gasteiger partial charge < -0.3 is 15.2 Å². The third-order valence-electron chi connectivity index (χ3n) is 3.68. The smallest absolute Gasteiger partial charge is 0.132 e. The standard InChI is InChI=1S/C17H20FNO2/c1-10-5-8-16(11(2)17(10)20)19-12(3)14-7-6-13(21-4)9-15(14)18/h5-9,12,19-20H,1-4H3. The monoisotopic (exact) mass is 289 g/mol. The van der Waals surface area contributed by atoms with Crippen LogP contribution in [-0.2, 0) is 0 Å². The number of nitrogens with one attached hydrogen (secondary N) is 1. The summed E-state index contributed by atoms with van der Waals surface area (Å²) in [6.07, 6.45) is 0. The largest absolute Gasteiger partial charge is 0.507 e. The predicted molar refractivity (Wildman–Crippen MR) is 82.6 cm³/mol. The van der Waals surface area contributed by atoms with Gasteiger partial charge in [0.15, 0.2) is 0 Å². The zero-order valence-corrected chi connectivity index (χ0v) is 12.7. The number of anilines is 1. The normalized spacial score (nSPS) is 12.0. The first kappa shape index (κ1) is 15.2. The Balaban J connectivity index is 2.26. The fourth-order valence-electron chi connectivity index (χ4n) is 2.29. The lowest BCUT2D eigenvalue weighted by molar-refractivity contribution is 0.410. The van der Waals surface area contributed by atoms with Crippen molar-refractivity contribution in [1.82, 2.24) is 0 Å². The first-order chi connectivity index (χ1) is 9.93. The number of halogens is 1. The lowest BCUT2D eigenvalue weighted by atomic mass is 10.0. The van der Waals surface area contributed by atoms with E-state index in [4.69, 9.17) is 4.74 Å². The van der Waals surface area contributed by atoms with E-state index < -0.39 is 0 Å². The molecule has 0 spiro atoms. The molecule has 21 heavy (non-hydrogen) atoms. The van der Waals surface area contributed by atoms with Crippen LogP contribution in [0.25, 0.3) is 0 Å². The quantitative estimate of drug-likeness (QED) is 0.880. The molecule has 0 bridgehead atoms. The molecular weight excluding hydrogens is 269 g/mol. The minimum atomic E-state index is -0.316. The van der Waals surface area contributed by atoms with E-state index in [2.05, 4.69) is 5.32 Å². The van der Waals surface area contributed by atoms with Gasteiger partial charge in [-0.2, -0.15) is 0 Å². The molecule has 1 atom stereocenters. The first-order valence-electron chi connectivity index (χ1n) is 6.83. The molecule has 4 heteroatoms. The van der Waals surface area contributed by atoms with Crippen LogP contribution in [0.1, 0.15) is 29.7 Å². The van der Waals surface area contributed by atoms with Crippen LogP contribution in [0.2, 0.25) is 0 Å². The second-order valence-corrected chi connectivity index (χ2v) is 5.16. The van der Waals surface area contributed by atoms with E-state index in [9.17, 15) is 9.50 Å². The Morgan fingerprint density at radius 2 is 1.90 bits per heavy atom. The topological polar surface area (TPSA) is 41.5 Å². The Morgan fingerprint density at radius 1 is 1.19 bits per heavy atom. The van der Waals surface area contributed by atoms with Gasteiger partial charge in [0.1, 0.15) is 17.3 Å². The molecule has 0 radical (unpaired) electrons. The molecule has 0 aliphatic carbocycles. The van der Waals surface area contributed by atoms with Crippen molar-refractivity contribution in [3.05, 3.63) is 52.8 Å². The van der Waals surface area contributed by atoms with E-state index in [1.54, 1.807) is 12.1 Å². The number of hydrogen-bond acceptors (Lipinski definition) is 3. The fourth-order valence-corrected chi connectivity index (χ4v) is 2.29. The number of rotatable bonds is 4. The van der Waals surface area contributed by atoms with Crippen LogP contribution in [-0.4, -0.2) is 12.2 Å². The Labute approximate surface area is 124 Å². The highest BCUT2D eigenvalue weighted by molar-refractivity contribution is 5.60. The van der Waals surface area contributed by atoms with Crippen LogP contribution >= 0.6 is 0 Å². The summed E-state index contributed by atoms with van der Waals surface area (Å²) in [4.78, 5) is 0. The number of phenolic OH excluding ortho intramolecular Hbond substituents is 1. The van der Waals surface area contributed by atoms with Crippen LogP contribution in [0.3, 0.4) is 0 Å². The zero-order valence-electron chi connectivity index (χ0n) is 12.7. The van der Waals surface area contributed by atoms with Crippen molar-refractivity contribution in [3.8, 4) is 11.5 Å². The number of methoxy groups -OCH3 is 1. The molecule has 2 aromatic carbocycles. The Hall–Kier alpha value is -2.23. The maximum atomic E-state index is 14.1. The summed E-state index contributed by atoms with van der Waals surface area (Å²) in [5, 5.41) is 13.2. The summed E-state index contributed by atoms with van der Waals surface area (Å²) < 4.78 is 19.1. The number of hydrogen-bond donors (Lipinski definition) is 2. The van der Waals surface area contributed by atoms with Crippen molar-refractivity contribution in [3.63, 3.8) is 0 Å². The maximum Gasteiger partial charge on any atom is 0.132 e. The molecule has 0 aliphatic rings. The number of aryl methyl sites for hydroxylation is 1. The van der Waals surface area contributed by atoms with Crippen LogP contribution in [0.4, 0.5) is 10.1 Å². The molecule has 3 nitrogen and oxygen atoms in total. The summed E-state index contributed by atoms with van der Waals surface area (Å²) in [6, 6.07) is 8.30. The molecule has 0 amide bonds. The molecule has 2 N–H and O–H groups in total. The fraction of sp³-hybridized carbons (Fsp3) is 0.294. The Kier molecular flexibility index (Phi) is 4.36. The van der Waals surface area contributed by atoms with Crippen molar-refractivity contribution >= 4 is 5.69 Å². The third-order valence-corrected chi connectivity index (χ3v) is 3.68. The summed E-state index contributed by atoms with van der Waals surface area (Å²) in [5.41, 5.74) is 2.92. The van der Waals surface area contributed by atoms with Gasteiger partial charge in [-0.05, 0) is 38.5 Å². The second-order valence-electron chi connectivity index (χ2n) is 5.16. The Morgan fingerprint density at radius 3 is 2.52 bits per heavy atom. The highest BCUT2D eigenvalue weighted by atomic mass is 19.1. The van der Waals surface area contributed by atoms with Crippen molar-refractivity contribution < 1.29 is 14.2 Å². The van der Waals surface area contributed by atoms with Crippen LogP contribution in [0.15, 0.2) is 30.3 Å². The van der Waals surface area contributed by atoms with Gasteiger partial charge in [0, 0.05) is 22.9 Å². The van der Waals surface area contributed by atoms with E-state index in [1.165, 1.54) is 13.2 Å². The average molecular weight is 289 g/mol. The van der Waals surface area contributed by atoms with Gasteiger partial charge >= 0.3 is 0 Å². The summed E-state index contributed by atoms with van der Waals surface area (Å²) >= 11 is 0. The molecule has 112 valence electrons. The summed E-state index contributed by atoms with van der Waals surface area (Å²) in [5.74, 6) is 0.443. The van der Waals surface area contributed by atoms with E-state index in [0.717, 1.165) is 16.8 Å². The van der Waals surface area contributed by atoms with E-state index in [0.29, 0.717) is 11.3 Å². The molecule has 0 heterocycles. The molecular formula is C17H20FNO2. The molecule has 0 aliphatic heterocycles. The lowest BCUT2D eigenvalue weighted by Gasteiger charge is -2.19. The molecule has 0 saturated carbocycles. The van der Waals surface area contributed by atoms with Gasteiger partial charge in [-0.3, -0.25) is 0 Å².